The zero-order valence-corrected chi connectivity index (χ0v) is 14.4. The van der Waals surface area contributed by atoms with Crippen LogP contribution in [0.4, 0.5) is 0 Å². The lowest BCUT2D eigenvalue weighted by Crippen LogP contribution is -2.22. The molecular formula is C18H21N5O2. The second-order valence-corrected chi connectivity index (χ2v) is 6.32. The molecule has 1 aliphatic heterocycles. The fourth-order valence-corrected chi connectivity index (χ4v) is 3.36. The summed E-state index contributed by atoms with van der Waals surface area (Å²) in [6.07, 6.45) is 6.32. The lowest BCUT2D eigenvalue weighted by atomic mass is 10.1. The molecule has 2 aromatic heterocycles. The first-order chi connectivity index (χ1) is 12.2. The molecule has 1 saturated heterocycles. The maximum atomic E-state index is 5.47. The number of rotatable bonds is 5. The van der Waals surface area contributed by atoms with Crippen molar-refractivity contribution in [2.24, 2.45) is 7.05 Å². The number of aryl methyl sites for hydroxylation is 1. The number of hydrogen-bond donors (Lipinski definition) is 0. The average Bonchev–Trinajstić information content (AvgIpc) is 3.36. The summed E-state index contributed by atoms with van der Waals surface area (Å²) in [5.41, 5.74) is 2.16. The Bertz CT molecular complexity index is 839. The molecule has 1 aromatic carbocycles. The third-order valence-electron chi connectivity index (χ3n) is 4.63. The Morgan fingerprint density at radius 2 is 2.12 bits per heavy atom. The first-order valence-electron chi connectivity index (χ1n) is 8.42. The van der Waals surface area contributed by atoms with E-state index in [9.17, 15) is 0 Å². The van der Waals surface area contributed by atoms with Gasteiger partial charge in [0, 0.05) is 30.4 Å². The van der Waals surface area contributed by atoms with Gasteiger partial charge < -0.3 is 9.26 Å². The Kier molecular flexibility index (Phi) is 4.23. The van der Waals surface area contributed by atoms with E-state index in [-0.39, 0.29) is 0 Å². The number of likely N-dealkylation sites (tertiary alicyclic amines) is 1. The highest BCUT2D eigenvalue weighted by Crippen LogP contribution is 2.32. The predicted molar refractivity (Wildman–Crippen MR) is 91.9 cm³/mol. The van der Waals surface area contributed by atoms with E-state index in [0.717, 1.165) is 24.3 Å². The van der Waals surface area contributed by atoms with Gasteiger partial charge in [0.25, 0.3) is 0 Å². The highest BCUT2D eigenvalue weighted by Gasteiger charge is 2.28. The number of aromatic nitrogens is 4. The monoisotopic (exact) mass is 339 g/mol. The Morgan fingerprint density at radius 1 is 1.28 bits per heavy atom. The maximum absolute atomic E-state index is 5.47. The molecule has 0 saturated carbocycles. The minimum atomic E-state index is 0.366. The lowest BCUT2D eigenvalue weighted by Gasteiger charge is -2.21. The van der Waals surface area contributed by atoms with Crippen molar-refractivity contribution in [3.63, 3.8) is 0 Å². The first kappa shape index (κ1) is 15.8. The summed E-state index contributed by atoms with van der Waals surface area (Å²) in [5, 5.41) is 8.40. The quantitative estimate of drug-likeness (QED) is 0.712. The van der Waals surface area contributed by atoms with Crippen molar-refractivity contribution in [2.45, 2.75) is 25.4 Å². The molecule has 0 radical (unpaired) electrons. The molecule has 1 aliphatic rings. The van der Waals surface area contributed by atoms with Crippen molar-refractivity contribution >= 4 is 0 Å². The molecule has 1 atom stereocenters. The third kappa shape index (κ3) is 3.28. The molecule has 7 heteroatoms. The van der Waals surface area contributed by atoms with Gasteiger partial charge in [-0.05, 0) is 43.7 Å². The minimum absolute atomic E-state index is 0.366. The summed E-state index contributed by atoms with van der Waals surface area (Å²) in [6.45, 7) is 1.68. The predicted octanol–water partition coefficient (Wildman–Crippen LogP) is 2.82. The van der Waals surface area contributed by atoms with Gasteiger partial charge >= 0.3 is 0 Å². The summed E-state index contributed by atoms with van der Waals surface area (Å²) < 4.78 is 12.5. The van der Waals surface area contributed by atoms with Gasteiger partial charge in [-0.2, -0.15) is 10.1 Å². The van der Waals surface area contributed by atoms with Crippen LogP contribution >= 0.6 is 0 Å². The van der Waals surface area contributed by atoms with Crippen LogP contribution in [0.25, 0.3) is 11.4 Å². The molecule has 0 N–H and O–H groups in total. The van der Waals surface area contributed by atoms with Crippen molar-refractivity contribution in [1.29, 1.82) is 0 Å². The second-order valence-electron chi connectivity index (χ2n) is 6.32. The molecule has 1 fully saturated rings. The Hall–Kier alpha value is -2.67. The van der Waals surface area contributed by atoms with E-state index in [4.69, 9.17) is 9.26 Å². The maximum Gasteiger partial charge on any atom is 0.241 e. The van der Waals surface area contributed by atoms with Crippen molar-refractivity contribution in [2.75, 3.05) is 13.7 Å². The summed E-state index contributed by atoms with van der Waals surface area (Å²) in [5.74, 6) is 2.06. The van der Waals surface area contributed by atoms with Crippen LogP contribution in [-0.4, -0.2) is 38.5 Å². The van der Waals surface area contributed by atoms with Crippen LogP contribution in [0.1, 0.15) is 30.3 Å². The fraction of sp³-hybridized carbons (Fsp3) is 0.389. The van der Waals surface area contributed by atoms with Gasteiger partial charge in [0.1, 0.15) is 5.75 Å². The van der Waals surface area contributed by atoms with Gasteiger partial charge in [-0.25, -0.2) is 0 Å². The van der Waals surface area contributed by atoms with Crippen LogP contribution in [0, 0.1) is 0 Å². The van der Waals surface area contributed by atoms with Crippen LogP contribution in [0.2, 0.25) is 0 Å². The first-order valence-corrected chi connectivity index (χ1v) is 8.42. The van der Waals surface area contributed by atoms with Gasteiger partial charge in [0.15, 0.2) is 0 Å². The second kappa shape index (κ2) is 6.68. The summed E-state index contributed by atoms with van der Waals surface area (Å²) in [4.78, 5) is 6.93. The Labute approximate surface area is 146 Å². The van der Waals surface area contributed by atoms with Gasteiger partial charge in [0.2, 0.25) is 11.7 Å². The summed E-state index contributed by atoms with van der Waals surface area (Å²) >= 11 is 0. The van der Waals surface area contributed by atoms with E-state index in [1.807, 2.05) is 42.2 Å². The van der Waals surface area contributed by atoms with E-state index in [1.165, 1.54) is 12.0 Å². The van der Waals surface area contributed by atoms with Gasteiger partial charge in [-0.15, -0.1) is 0 Å². The Morgan fingerprint density at radius 3 is 2.84 bits per heavy atom. The highest BCUT2D eigenvalue weighted by atomic mass is 16.5. The molecule has 0 unspecified atom stereocenters. The molecule has 3 aromatic rings. The normalized spacial score (nSPS) is 17.9. The number of methoxy groups -OCH3 is 1. The summed E-state index contributed by atoms with van der Waals surface area (Å²) in [6, 6.07) is 8.02. The van der Waals surface area contributed by atoms with E-state index >= 15 is 0 Å². The standard InChI is InChI=1S/C18H21N5O2/c1-22-11-14(10-19-22)16-4-3-9-23(16)12-17-20-18(21-25-17)13-5-7-15(24-2)8-6-13/h5-8,10-11,16H,3-4,9,12H2,1-2H3/t16-/m1/s1. The van der Waals surface area contributed by atoms with Crippen LogP contribution in [0.5, 0.6) is 5.75 Å². The Balaban J connectivity index is 1.48. The molecule has 7 nitrogen and oxygen atoms in total. The molecule has 4 rings (SSSR count). The van der Waals surface area contributed by atoms with Crippen molar-refractivity contribution in [3.05, 3.63) is 48.1 Å². The molecular weight excluding hydrogens is 318 g/mol. The van der Waals surface area contributed by atoms with Crippen LogP contribution in [-0.2, 0) is 13.6 Å². The molecule has 3 heterocycles. The zero-order chi connectivity index (χ0) is 17.2. The van der Waals surface area contributed by atoms with E-state index in [0.29, 0.717) is 24.3 Å². The van der Waals surface area contributed by atoms with Crippen molar-refractivity contribution < 1.29 is 9.26 Å². The largest absolute Gasteiger partial charge is 0.497 e. The highest BCUT2D eigenvalue weighted by molar-refractivity contribution is 5.55. The van der Waals surface area contributed by atoms with Crippen LogP contribution in [0.15, 0.2) is 41.2 Å². The van der Waals surface area contributed by atoms with E-state index in [2.05, 4.69) is 26.3 Å². The third-order valence-corrected chi connectivity index (χ3v) is 4.63. The summed E-state index contributed by atoms with van der Waals surface area (Å²) in [7, 11) is 3.60. The van der Waals surface area contributed by atoms with Gasteiger partial charge in [-0.1, -0.05) is 5.16 Å². The molecule has 130 valence electrons. The van der Waals surface area contributed by atoms with Gasteiger partial charge in [-0.3, -0.25) is 9.58 Å². The van der Waals surface area contributed by atoms with Crippen molar-refractivity contribution in [1.82, 2.24) is 24.8 Å². The van der Waals surface area contributed by atoms with Gasteiger partial charge in [0.05, 0.1) is 19.9 Å². The van der Waals surface area contributed by atoms with Crippen LogP contribution < -0.4 is 4.74 Å². The minimum Gasteiger partial charge on any atom is -0.497 e. The van der Waals surface area contributed by atoms with E-state index in [1.54, 1.807) is 7.11 Å². The smallest absolute Gasteiger partial charge is 0.241 e. The molecule has 25 heavy (non-hydrogen) atoms. The molecule has 0 bridgehead atoms. The number of ether oxygens (including phenoxy) is 1. The zero-order valence-electron chi connectivity index (χ0n) is 14.4. The lowest BCUT2D eigenvalue weighted by molar-refractivity contribution is 0.212. The molecule has 0 aliphatic carbocycles. The van der Waals surface area contributed by atoms with Crippen molar-refractivity contribution in [3.8, 4) is 17.1 Å². The van der Waals surface area contributed by atoms with Crippen LogP contribution in [0.3, 0.4) is 0 Å². The molecule has 0 amide bonds. The number of nitrogens with zero attached hydrogens (tertiary/aromatic N) is 5. The topological polar surface area (TPSA) is 69.2 Å². The average molecular weight is 339 g/mol. The molecule has 0 spiro atoms. The SMILES string of the molecule is COc1ccc(-c2noc(CN3CCC[C@@H]3c3cnn(C)c3)n2)cc1. The number of hydrogen-bond acceptors (Lipinski definition) is 6. The van der Waals surface area contributed by atoms with E-state index < -0.39 is 0 Å². The number of benzene rings is 1. The fourth-order valence-electron chi connectivity index (χ4n) is 3.36.